The molecule has 4 nitrogen and oxygen atoms in total. The fourth-order valence-electron chi connectivity index (χ4n) is 4.78. The molecule has 5 heteroatoms. The van der Waals surface area contributed by atoms with Crippen LogP contribution in [-0.4, -0.2) is 30.7 Å². The van der Waals surface area contributed by atoms with E-state index in [9.17, 15) is 4.79 Å². The summed E-state index contributed by atoms with van der Waals surface area (Å²) in [5.41, 5.74) is 4.02. The van der Waals surface area contributed by atoms with Crippen LogP contribution in [0.25, 0.3) is 10.9 Å². The quantitative estimate of drug-likeness (QED) is 0.504. The van der Waals surface area contributed by atoms with Gasteiger partial charge in [-0.15, -0.1) is 0 Å². The number of anilines is 1. The lowest BCUT2D eigenvalue weighted by Crippen LogP contribution is -2.36. The molecule has 0 saturated carbocycles. The van der Waals surface area contributed by atoms with Crippen molar-refractivity contribution in [3.05, 3.63) is 64.8 Å². The Hall–Kier alpha value is -2.46. The molecule has 0 radical (unpaired) electrons. The summed E-state index contributed by atoms with van der Waals surface area (Å²) < 4.78 is 7.40. The summed E-state index contributed by atoms with van der Waals surface area (Å²) >= 11 is 6.03. The monoisotopic (exact) mass is 410 g/mol. The van der Waals surface area contributed by atoms with Crippen LogP contribution in [-0.2, 0) is 4.74 Å². The van der Waals surface area contributed by atoms with Gasteiger partial charge >= 0.3 is 5.97 Å². The number of nitrogens with zero attached hydrogens (tertiary/aromatic N) is 2. The molecule has 3 aromatic rings. The van der Waals surface area contributed by atoms with Gasteiger partial charge in [-0.25, -0.2) is 4.79 Å². The molecule has 152 valence electrons. The average Bonchev–Trinajstić information content (AvgIpc) is 3.05. The fourth-order valence-corrected chi connectivity index (χ4v) is 4.90. The third kappa shape index (κ3) is 3.62. The average molecular weight is 411 g/mol. The SMILES string of the molecule is COC(=O)c1c(C)n(C(C)C2CCN(c3ccc(Cl)cc3)CC2)c2ccccc12. The van der Waals surface area contributed by atoms with Crippen LogP contribution in [0.3, 0.4) is 0 Å². The van der Waals surface area contributed by atoms with Crippen LogP contribution in [0, 0.1) is 12.8 Å². The lowest BCUT2D eigenvalue weighted by Gasteiger charge is -2.37. The molecule has 2 heterocycles. The maximum absolute atomic E-state index is 12.4. The van der Waals surface area contributed by atoms with E-state index in [4.69, 9.17) is 16.3 Å². The first-order valence-electron chi connectivity index (χ1n) is 10.2. The molecule has 1 aliphatic rings. The summed E-state index contributed by atoms with van der Waals surface area (Å²) in [6, 6.07) is 16.5. The number of carbonyl (C=O) groups excluding carboxylic acids is 1. The van der Waals surface area contributed by atoms with E-state index in [1.807, 2.05) is 37.3 Å². The van der Waals surface area contributed by atoms with E-state index < -0.39 is 0 Å². The number of aromatic nitrogens is 1. The molecular weight excluding hydrogens is 384 g/mol. The lowest BCUT2D eigenvalue weighted by atomic mass is 9.89. The topological polar surface area (TPSA) is 34.5 Å². The van der Waals surface area contributed by atoms with Gasteiger partial charge < -0.3 is 14.2 Å². The predicted molar refractivity (Wildman–Crippen MR) is 119 cm³/mol. The van der Waals surface area contributed by atoms with Gasteiger partial charge in [0.15, 0.2) is 0 Å². The van der Waals surface area contributed by atoms with Crippen molar-refractivity contribution in [1.82, 2.24) is 4.57 Å². The molecule has 0 aliphatic carbocycles. The highest BCUT2D eigenvalue weighted by Gasteiger charge is 2.29. The Balaban J connectivity index is 1.58. The molecule has 0 bridgehead atoms. The summed E-state index contributed by atoms with van der Waals surface area (Å²) in [7, 11) is 1.45. The molecule has 2 aromatic carbocycles. The molecule has 1 saturated heterocycles. The van der Waals surface area contributed by atoms with E-state index in [0.717, 1.165) is 47.6 Å². The number of esters is 1. The van der Waals surface area contributed by atoms with Crippen molar-refractivity contribution in [2.45, 2.75) is 32.7 Å². The first-order valence-corrected chi connectivity index (χ1v) is 10.6. The number of ether oxygens (including phenoxy) is 1. The molecule has 1 unspecified atom stereocenters. The first-order chi connectivity index (χ1) is 14.0. The Morgan fingerprint density at radius 2 is 1.76 bits per heavy atom. The van der Waals surface area contributed by atoms with Crippen LogP contribution in [0.5, 0.6) is 0 Å². The van der Waals surface area contributed by atoms with E-state index >= 15 is 0 Å². The number of hydrogen-bond donors (Lipinski definition) is 0. The number of piperidine rings is 1. The van der Waals surface area contributed by atoms with Crippen LogP contribution < -0.4 is 4.90 Å². The fraction of sp³-hybridized carbons (Fsp3) is 0.375. The lowest BCUT2D eigenvalue weighted by molar-refractivity contribution is 0.0601. The third-order valence-electron chi connectivity index (χ3n) is 6.37. The number of methoxy groups -OCH3 is 1. The summed E-state index contributed by atoms with van der Waals surface area (Å²) in [6.07, 6.45) is 2.23. The highest BCUT2D eigenvalue weighted by molar-refractivity contribution is 6.30. The minimum Gasteiger partial charge on any atom is -0.465 e. The van der Waals surface area contributed by atoms with E-state index in [1.165, 1.54) is 12.8 Å². The standard InChI is InChI=1S/C24H27ClN2O2/c1-16(18-12-14-26(15-13-18)20-10-8-19(25)9-11-20)27-17(2)23(24(28)29-3)21-6-4-5-7-22(21)27/h4-11,16,18H,12-15H2,1-3H3. The molecular formula is C24H27ClN2O2. The van der Waals surface area contributed by atoms with Gasteiger partial charge in [0.05, 0.1) is 12.7 Å². The molecule has 1 atom stereocenters. The molecule has 1 aliphatic heterocycles. The smallest absolute Gasteiger partial charge is 0.340 e. The van der Waals surface area contributed by atoms with Crippen molar-refractivity contribution in [1.29, 1.82) is 0 Å². The zero-order valence-electron chi connectivity index (χ0n) is 17.2. The van der Waals surface area contributed by atoms with Crippen LogP contribution in [0.4, 0.5) is 5.69 Å². The number of para-hydroxylation sites is 1. The van der Waals surface area contributed by atoms with Crippen LogP contribution >= 0.6 is 11.6 Å². The highest BCUT2D eigenvalue weighted by atomic mass is 35.5. The molecule has 29 heavy (non-hydrogen) atoms. The van der Waals surface area contributed by atoms with Gasteiger partial charge in [-0.05, 0) is 62.9 Å². The van der Waals surface area contributed by atoms with Crippen molar-refractivity contribution in [3.8, 4) is 0 Å². The Morgan fingerprint density at radius 1 is 1.10 bits per heavy atom. The third-order valence-corrected chi connectivity index (χ3v) is 6.62. The van der Waals surface area contributed by atoms with Crippen LogP contribution in [0.15, 0.2) is 48.5 Å². The van der Waals surface area contributed by atoms with Gasteiger partial charge in [-0.2, -0.15) is 0 Å². The van der Waals surface area contributed by atoms with E-state index in [0.29, 0.717) is 17.5 Å². The van der Waals surface area contributed by atoms with Gasteiger partial charge in [0.2, 0.25) is 0 Å². The van der Waals surface area contributed by atoms with Crippen molar-refractivity contribution in [2.24, 2.45) is 5.92 Å². The van der Waals surface area contributed by atoms with E-state index in [1.54, 1.807) is 0 Å². The Kier molecular flexibility index (Phi) is 5.55. The number of carbonyl (C=O) groups is 1. The largest absolute Gasteiger partial charge is 0.465 e. The zero-order chi connectivity index (χ0) is 20.5. The number of halogens is 1. The number of benzene rings is 2. The molecule has 1 fully saturated rings. The Labute approximate surface area is 177 Å². The van der Waals surface area contributed by atoms with Crippen molar-refractivity contribution < 1.29 is 9.53 Å². The normalized spacial score (nSPS) is 16.2. The van der Waals surface area contributed by atoms with Crippen molar-refractivity contribution >= 4 is 34.2 Å². The zero-order valence-corrected chi connectivity index (χ0v) is 17.9. The Morgan fingerprint density at radius 3 is 2.41 bits per heavy atom. The van der Waals surface area contributed by atoms with Gasteiger partial charge in [-0.1, -0.05) is 29.8 Å². The molecule has 0 amide bonds. The number of fused-ring (bicyclic) bond motifs is 1. The summed E-state index contributed by atoms with van der Waals surface area (Å²) in [6.45, 7) is 6.37. The maximum Gasteiger partial charge on any atom is 0.340 e. The molecule has 4 rings (SSSR count). The molecule has 1 aromatic heterocycles. The summed E-state index contributed by atoms with van der Waals surface area (Å²) in [5.74, 6) is 0.292. The van der Waals surface area contributed by atoms with Crippen molar-refractivity contribution in [2.75, 3.05) is 25.1 Å². The second-order valence-electron chi connectivity index (χ2n) is 7.88. The second-order valence-corrected chi connectivity index (χ2v) is 8.32. The first kappa shape index (κ1) is 19.8. The summed E-state index contributed by atoms with van der Waals surface area (Å²) in [5, 5.41) is 1.75. The second kappa shape index (κ2) is 8.11. The number of hydrogen-bond acceptors (Lipinski definition) is 3. The van der Waals surface area contributed by atoms with Crippen molar-refractivity contribution in [3.63, 3.8) is 0 Å². The van der Waals surface area contributed by atoms with Crippen LogP contribution in [0.2, 0.25) is 5.02 Å². The minimum absolute atomic E-state index is 0.262. The molecule has 0 N–H and O–H groups in total. The van der Waals surface area contributed by atoms with Gasteiger partial charge in [0.25, 0.3) is 0 Å². The molecule has 0 spiro atoms. The maximum atomic E-state index is 12.4. The van der Waals surface area contributed by atoms with Gasteiger partial charge in [-0.3, -0.25) is 0 Å². The number of rotatable bonds is 4. The van der Waals surface area contributed by atoms with E-state index in [-0.39, 0.29) is 5.97 Å². The summed E-state index contributed by atoms with van der Waals surface area (Å²) in [4.78, 5) is 14.9. The highest BCUT2D eigenvalue weighted by Crippen LogP contribution is 2.36. The minimum atomic E-state index is -0.262. The van der Waals surface area contributed by atoms with Gasteiger partial charge in [0.1, 0.15) is 0 Å². The predicted octanol–water partition coefficient (Wildman–Crippen LogP) is 5.87. The van der Waals surface area contributed by atoms with Gasteiger partial charge in [0, 0.05) is 46.4 Å². The van der Waals surface area contributed by atoms with Crippen LogP contribution in [0.1, 0.15) is 41.9 Å². The Bertz CT molecular complexity index is 1020. The van der Waals surface area contributed by atoms with E-state index in [2.05, 4.69) is 34.6 Å².